The number of carbonyl (C=O) groups is 1. The molecule has 1 saturated heterocycles. The zero-order valence-corrected chi connectivity index (χ0v) is 16.6. The van der Waals surface area contributed by atoms with E-state index in [1.54, 1.807) is 4.90 Å². The van der Waals surface area contributed by atoms with Gasteiger partial charge in [-0.2, -0.15) is 0 Å². The third-order valence-electron chi connectivity index (χ3n) is 4.30. The van der Waals surface area contributed by atoms with Gasteiger partial charge >= 0.3 is 6.09 Å². The first-order valence-corrected chi connectivity index (χ1v) is 9.47. The van der Waals surface area contributed by atoms with Crippen molar-refractivity contribution in [1.82, 2.24) is 4.90 Å². The van der Waals surface area contributed by atoms with Gasteiger partial charge in [-0.25, -0.2) is 4.79 Å². The van der Waals surface area contributed by atoms with Crippen LogP contribution < -0.4 is 0 Å². The molecular weight excluding hydrogens is 298 g/mol. The average Bonchev–Trinajstić information content (AvgIpc) is 2.33. The summed E-state index contributed by atoms with van der Waals surface area (Å²) in [5.74, 6) is 0.564. The van der Waals surface area contributed by atoms with Crippen molar-refractivity contribution in [2.24, 2.45) is 5.92 Å². The zero-order chi connectivity index (χ0) is 17.1. The van der Waals surface area contributed by atoms with E-state index < -0.39 is 21.5 Å². The van der Waals surface area contributed by atoms with Crippen LogP contribution in [0, 0.1) is 5.92 Å². The molecule has 1 aliphatic rings. The number of aliphatic hydroxyl groups is 1. The highest BCUT2D eigenvalue weighted by Gasteiger charge is 2.33. The summed E-state index contributed by atoms with van der Waals surface area (Å²) in [5, 5.41) is 10.2. The number of amides is 1. The van der Waals surface area contributed by atoms with Gasteiger partial charge in [-0.05, 0) is 31.7 Å². The minimum Gasteiger partial charge on any atom is -0.444 e. The molecule has 0 saturated carbocycles. The van der Waals surface area contributed by atoms with Crippen LogP contribution in [0.2, 0.25) is 5.04 Å². The van der Waals surface area contributed by atoms with Crippen LogP contribution >= 0.6 is 0 Å². The summed E-state index contributed by atoms with van der Waals surface area (Å²) < 4.78 is 11.5. The van der Waals surface area contributed by atoms with Gasteiger partial charge in [-0.15, -0.1) is 0 Å². The van der Waals surface area contributed by atoms with Crippen LogP contribution in [0.3, 0.4) is 0 Å². The summed E-state index contributed by atoms with van der Waals surface area (Å²) in [6.07, 6.45) is -0.395. The highest BCUT2D eigenvalue weighted by molar-refractivity contribution is 6.32. The Kier molecular flexibility index (Phi) is 6.47. The molecule has 22 heavy (non-hydrogen) atoms. The molecule has 1 aliphatic heterocycles. The fourth-order valence-electron chi connectivity index (χ4n) is 2.12. The van der Waals surface area contributed by atoms with Gasteiger partial charge in [0, 0.05) is 13.0 Å². The van der Waals surface area contributed by atoms with E-state index in [4.69, 9.17) is 9.16 Å². The molecule has 1 amide bonds. The highest BCUT2D eigenvalue weighted by atomic mass is 28.2. The van der Waals surface area contributed by atoms with Gasteiger partial charge in [-0.3, -0.25) is 0 Å². The van der Waals surface area contributed by atoms with Gasteiger partial charge < -0.3 is 19.2 Å². The van der Waals surface area contributed by atoms with E-state index in [2.05, 4.69) is 27.7 Å². The Balaban J connectivity index is 2.58. The molecule has 2 atom stereocenters. The van der Waals surface area contributed by atoms with Crippen LogP contribution in [-0.4, -0.2) is 56.8 Å². The fourth-order valence-corrected chi connectivity index (χ4v) is 3.36. The van der Waals surface area contributed by atoms with Crippen molar-refractivity contribution in [3.8, 4) is 0 Å². The molecule has 0 aromatic heterocycles. The predicted octanol–water partition coefficient (Wildman–Crippen LogP) is 2.31. The summed E-state index contributed by atoms with van der Waals surface area (Å²) in [7, 11) is -0.747. The number of rotatable bonds is 4. The van der Waals surface area contributed by atoms with E-state index in [-0.39, 0.29) is 17.2 Å². The van der Waals surface area contributed by atoms with Crippen molar-refractivity contribution >= 4 is 15.9 Å². The molecule has 0 aromatic carbocycles. The number of carbonyl (C=O) groups excluding carboxylic acids is 1. The molecule has 5 nitrogen and oxygen atoms in total. The maximum atomic E-state index is 12.2. The van der Waals surface area contributed by atoms with Gasteiger partial charge in [0.15, 0.2) is 9.76 Å². The molecule has 0 unspecified atom stereocenters. The monoisotopic (exact) mass is 331 g/mol. The number of hydrogen-bond acceptors (Lipinski definition) is 4. The molecule has 1 heterocycles. The number of nitrogens with zero attached hydrogens (tertiary/aromatic N) is 1. The summed E-state index contributed by atoms with van der Waals surface area (Å²) in [6.45, 7) is 15.2. The van der Waals surface area contributed by atoms with Crippen molar-refractivity contribution in [1.29, 1.82) is 0 Å². The average molecular weight is 332 g/mol. The van der Waals surface area contributed by atoms with Crippen LogP contribution in [0.25, 0.3) is 0 Å². The molecule has 1 fully saturated rings. The molecule has 0 aromatic rings. The van der Waals surface area contributed by atoms with E-state index >= 15 is 0 Å². The summed E-state index contributed by atoms with van der Waals surface area (Å²) in [5.41, 5.74) is -0.524. The minimum atomic E-state index is -0.747. The lowest BCUT2D eigenvalue weighted by Crippen LogP contribution is -2.51. The largest absolute Gasteiger partial charge is 0.444 e. The highest BCUT2D eigenvalue weighted by Crippen LogP contribution is 2.33. The van der Waals surface area contributed by atoms with Gasteiger partial charge in [0.2, 0.25) is 0 Å². The minimum absolute atomic E-state index is 0.0824. The lowest BCUT2D eigenvalue weighted by molar-refractivity contribution is -0.0237. The van der Waals surface area contributed by atoms with E-state index in [9.17, 15) is 9.90 Å². The van der Waals surface area contributed by atoms with E-state index in [0.29, 0.717) is 25.4 Å². The van der Waals surface area contributed by atoms with Crippen molar-refractivity contribution in [2.75, 3.05) is 13.1 Å². The van der Waals surface area contributed by atoms with Crippen LogP contribution in [-0.2, 0) is 9.16 Å². The first-order valence-electron chi connectivity index (χ1n) is 8.18. The first kappa shape index (κ1) is 19.5. The Bertz CT molecular complexity index is 379. The van der Waals surface area contributed by atoms with Crippen molar-refractivity contribution in [2.45, 2.75) is 77.7 Å². The van der Waals surface area contributed by atoms with Crippen LogP contribution in [0.5, 0.6) is 0 Å². The maximum Gasteiger partial charge on any atom is 0.410 e. The molecule has 1 N–H and O–H groups in total. The second kappa shape index (κ2) is 7.32. The SMILES string of the molecule is CC(C)C(C)(C)[SiH2]O[C@H]1C[C@H](O)CN(C(=O)OC(C)(C)C)C1. The van der Waals surface area contributed by atoms with Gasteiger partial charge in [-0.1, -0.05) is 27.7 Å². The third-order valence-corrected chi connectivity index (χ3v) is 6.49. The van der Waals surface area contributed by atoms with Crippen LogP contribution in [0.4, 0.5) is 4.79 Å². The molecule has 130 valence electrons. The molecule has 0 aliphatic carbocycles. The Morgan fingerprint density at radius 2 is 1.82 bits per heavy atom. The summed E-state index contributed by atoms with van der Waals surface area (Å²) in [4.78, 5) is 13.7. The first-order chi connectivity index (χ1) is 9.90. The molecule has 1 rings (SSSR count). The standard InChI is InChI=1S/C16H33NO4Si/c1-11(2)16(6,7)22-21-13-8-12(18)9-17(10-13)14(19)20-15(3,4)5/h11-13,18H,8-10,22H2,1-7H3/t12-,13-/m0/s1. The summed E-state index contributed by atoms with van der Waals surface area (Å²) in [6, 6.07) is 0. The lowest BCUT2D eigenvalue weighted by Gasteiger charge is -2.38. The number of ether oxygens (including phenoxy) is 1. The van der Waals surface area contributed by atoms with Crippen molar-refractivity contribution in [3.05, 3.63) is 0 Å². The third kappa shape index (κ3) is 6.26. The van der Waals surface area contributed by atoms with Crippen LogP contribution in [0.15, 0.2) is 0 Å². The van der Waals surface area contributed by atoms with Gasteiger partial charge in [0.25, 0.3) is 0 Å². The number of hydrogen-bond donors (Lipinski definition) is 1. The maximum absolute atomic E-state index is 12.2. The second-order valence-electron chi connectivity index (χ2n) is 8.35. The number of piperidine rings is 1. The summed E-state index contributed by atoms with van der Waals surface area (Å²) >= 11 is 0. The molecule has 6 heteroatoms. The number of aliphatic hydroxyl groups excluding tert-OH is 1. The second-order valence-corrected chi connectivity index (χ2v) is 10.8. The van der Waals surface area contributed by atoms with Crippen molar-refractivity contribution in [3.63, 3.8) is 0 Å². The molecule has 0 spiro atoms. The quantitative estimate of drug-likeness (QED) is 0.803. The Labute approximate surface area is 137 Å². The smallest absolute Gasteiger partial charge is 0.410 e. The Morgan fingerprint density at radius 1 is 1.23 bits per heavy atom. The van der Waals surface area contributed by atoms with Crippen molar-refractivity contribution < 1.29 is 19.1 Å². The number of β-amino-alcohol motifs (C(OH)–C–C–N with tert-alkyl or cyclic N) is 1. The fraction of sp³-hybridized carbons (Fsp3) is 0.938. The van der Waals surface area contributed by atoms with E-state index in [1.807, 2.05) is 20.8 Å². The number of likely N-dealkylation sites (tertiary alicyclic amines) is 1. The van der Waals surface area contributed by atoms with Gasteiger partial charge in [0.1, 0.15) is 5.60 Å². The molecular formula is C16H33NO4Si. The van der Waals surface area contributed by atoms with Gasteiger partial charge in [0.05, 0.1) is 18.8 Å². The Morgan fingerprint density at radius 3 is 2.32 bits per heavy atom. The van der Waals surface area contributed by atoms with E-state index in [0.717, 1.165) is 0 Å². The molecule has 0 bridgehead atoms. The zero-order valence-electron chi connectivity index (χ0n) is 15.2. The van der Waals surface area contributed by atoms with E-state index in [1.165, 1.54) is 0 Å². The Hall–Kier alpha value is -0.593. The predicted molar refractivity (Wildman–Crippen MR) is 90.7 cm³/mol. The topological polar surface area (TPSA) is 59.0 Å². The normalized spacial score (nSPS) is 24.3. The molecule has 0 radical (unpaired) electrons. The van der Waals surface area contributed by atoms with Crippen LogP contribution in [0.1, 0.15) is 54.9 Å². The lowest BCUT2D eigenvalue weighted by atomic mass is 9.99.